The lowest BCUT2D eigenvalue weighted by molar-refractivity contribution is -0.132. The van der Waals surface area contributed by atoms with Crippen LogP contribution < -0.4 is 0 Å². The number of halogens is 1. The molecule has 0 bridgehead atoms. The molecule has 22 heavy (non-hydrogen) atoms. The monoisotopic (exact) mass is 325 g/mol. The lowest BCUT2D eigenvalue weighted by atomic mass is 10.00. The topological polar surface area (TPSA) is 59.2 Å². The highest BCUT2D eigenvalue weighted by molar-refractivity contribution is 6.30. The highest BCUT2D eigenvalue weighted by atomic mass is 35.5. The van der Waals surface area contributed by atoms with Crippen LogP contribution in [0.3, 0.4) is 0 Å². The first-order chi connectivity index (χ1) is 10.6. The van der Waals surface area contributed by atoms with Gasteiger partial charge in [0, 0.05) is 12.0 Å². The molecule has 1 atom stereocenters. The highest BCUT2D eigenvalue weighted by Gasteiger charge is 2.35. The third kappa shape index (κ3) is 3.80. The van der Waals surface area contributed by atoms with Crippen molar-refractivity contribution in [3.8, 4) is 0 Å². The third-order valence-corrected chi connectivity index (χ3v) is 4.81. The van der Waals surface area contributed by atoms with E-state index in [4.69, 9.17) is 16.1 Å². The number of hydrogen-bond donors (Lipinski definition) is 0. The van der Waals surface area contributed by atoms with E-state index < -0.39 is 5.38 Å². The predicted octanol–water partition coefficient (Wildman–Crippen LogP) is 3.63. The van der Waals surface area contributed by atoms with Gasteiger partial charge in [0.05, 0.1) is 0 Å². The fraction of sp³-hybridized carbons (Fsp3) is 0.812. The van der Waals surface area contributed by atoms with E-state index in [2.05, 4.69) is 10.1 Å². The Morgan fingerprint density at radius 1 is 1.27 bits per heavy atom. The summed E-state index contributed by atoms with van der Waals surface area (Å²) >= 11 is 5.95. The first kappa shape index (κ1) is 15.8. The molecule has 2 saturated carbocycles. The van der Waals surface area contributed by atoms with Gasteiger partial charge < -0.3 is 9.42 Å². The Bertz CT molecular complexity index is 505. The van der Waals surface area contributed by atoms with Crippen LogP contribution in [0.5, 0.6) is 0 Å². The zero-order valence-electron chi connectivity index (χ0n) is 13.1. The van der Waals surface area contributed by atoms with E-state index in [-0.39, 0.29) is 5.91 Å². The number of alkyl halides is 1. The molecule has 1 heterocycles. The summed E-state index contributed by atoms with van der Waals surface area (Å²) in [5.41, 5.74) is 0. The van der Waals surface area contributed by atoms with Gasteiger partial charge in [0.2, 0.25) is 11.8 Å². The Kier molecular flexibility index (Phi) is 5.01. The fourth-order valence-electron chi connectivity index (χ4n) is 3.18. The van der Waals surface area contributed by atoms with Gasteiger partial charge in [0.25, 0.3) is 0 Å². The Morgan fingerprint density at radius 3 is 2.55 bits per heavy atom. The molecule has 6 heteroatoms. The zero-order chi connectivity index (χ0) is 15.5. The molecule has 1 unspecified atom stereocenters. The van der Waals surface area contributed by atoms with Crippen molar-refractivity contribution in [2.45, 2.75) is 82.2 Å². The van der Waals surface area contributed by atoms with Crippen LogP contribution in [0.2, 0.25) is 0 Å². The number of carbonyl (C=O) groups excluding carboxylic acids is 1. The molecule has 2 fully saturated rings. The Labute approximate surface area is 136 Å². The Morgan fingerprint density at radius 2 is 1.95 bits per heavy atom. The number of carbonyl (C=O) groups is 1. The summed E-state index contributed by atoms with van der Waals surface area (Å²) in [5.74, 6) is 1.73. The summed E-state index contributed by atoms with van der Waals surface area (Å²) in [6, 6.07) is 0.293. The van der Waals surface area contributed by atoms with Crippen LogP contribution in [0.4, 0.5) is 0 Å². The van der Waals surface area contributed by atoms with Gasteiger partial charge in [-0.05, 0) is 32.6 Å². The van der Waals surface area contributed by atoms with Crippen LogP contribution in [0.25, 0.3) is 0 Å². The van der Waals surface area contributed by atoms with Crippen LogP contribution in [0.15, 0.2) is 4.52 Å². The molecule has 0 N–H and O–H groups in total. The highest BCUT2D eigenvalue weighted by Crippen LogP contribution is 2.31. The molecule has 1 aromatic heterocycles. The summed E-state index contributed by atoms with van der Waals surface area (Å²) < 4.78 is 5.40. The predicted molar refractivity (Wildman–Crippen MR) is 83.6 cm³/mol. The van der Waals surface area contributed by atoms with Gasteiger partial charge in [-0.15, -0.1) is 11.6 Å². The molecule has 122 valence electrons. The van der Waals surface area contributed by atoms with E-state index in [0.717, 1.165) is 31.5 Å². The summed E-state index contributed by atoms with van der Waals surface area (Å²) in [4.78, 5) is 18.5. The molecule has 0 aliphatic heterocycles. The molecule has 0 spiro atoms. The molecule has 2 aliphatic rings. The number of hydrogen-bond acceptors (Lipinski definition) is 4. The second-order valence-corrected chi connectivity index (χ2v) is 7.20. The number of rotatable bonds is 5. The SMILES string of the molecule is CC(Cl)C(=O)N(Cc1nc(C2CCCCCC2)no1)C1CC1. The van der Waals surface area contributed by atoms with Gasteiger partial charge in [0.15, 0.2) is 5.82 Å². The van der Waals surface area contributed by atoms with E-state index in [1.54, 1.807) is 11.8 Å². The van der Waals surface area contributed by atoms with E-state index in [1.807, 2.05) is 0 Å². The molecule has 0 aromatic carbocycles. The Balaban J connectivity index is 1.66. The van der Waals surface area contributed by atoms with Gasteiger partial charge in [-0.2, -0.15) is 4.98 Å². The maximum atomic E-state index is 12.2. The molecular formula is C16H24ClN3O2. The lowest BCUT2D eigenvalue weighted by Crippen LogP contribution is -2.37. The Hall–Kier alpha value is -1.10. The molecule has 1 amide bonds. The van der Waals surface area contributed by atoms with Crippen molar-refractivity contribution >= 4 is 17.5 Å². The number of nitrogens with zero attached hydrogens (tertiary/aromatic N) is 3. The fourth-order valence-corrected chi connectivity index (χ4v) is 3.31. The number of amides is 1. The minimum Gasteiger partial charge on any atom is -0.337 e. The molecule has 2 aliphatic carbocycles. The molecule has 0 saturated heterocycles. The van der Waals surface area contributed by atoms with Crippen molar-refractivity contribution in [3.63, 3.8) is 0 Å². The normalized spacial score (nSPS) is 21.4. The van der Waals surface area contributed by atoms with E-state index >= 15 is 0 Å². The number of aromatic nitrogens is 2. The summed E-state index contributed by atoms with van der Waals surface area (Å²) in [5, 5.41) is 3.65. The molecule has 1 aromatic rings. The minimum absolute atomic E-state index is 0.0432. The smallest absolute Gasteiger partial charge is 0.246 e. The first-order valence-electron chi connectivity index (χ1n) is 8.42. The van der Waals surface area contributed by atoms with Crippen LogP contribution >= 0.6 is 11.6 Å². The van der Waals surface area contributed by atoms with Crippen LogP contribution in [0.1, 0.15) is 75.9 Å². The van der Waals surface area contributed by atoms with Gasteiger partial charge in [-0.1, -0.05) is 30.8 Å². The maximum Gasteiger partial charge on any atom is 0.246 e. The maximum absolute atomic E-state index is 12.2. The molecule has 3 rings (SSSR count). The van der Waals surface area contributed by atoms with Crippen molar-refractivity contribution in [1.82, 2.24) is 15.0 Å². The van der Waals surface area contributed by atoms with Crippen LogP contribution in [-0.4, -0.2) is 32.4 Å². The summed E-state index contributed by atoms with van der Waals surface area (Å²) in [7, 11) is 0. The second-order valence-electron chi connectivity index (χ2n) is 6.55. The van der Waals surface area contributed by atoms with Gasteiger partial charge in [-0.3, -0.25) is 4.79 Å². The largest absolute Gasteiger partial charge is 0.337 e. The average molecular weight is 326 g/mol. The zero-order valence-corrected chi connectivity index (χ0v) is 13.9. The van der Waals surface area contributed by atoms with E-state index in [9.17, 15) is 4.79 Å². The van der Waals surface area contributed by atoms with Crippen molar-refractivity contribution in [1.29, 1.82) is 0 Å². The van der Waals surface area contributed by atoms with Crippen LogP contribution in [-0.2, 0) is 11.3 Å². The van der Waals surface area contributed by atoms with Gasteiger partial charge >= 0.3 is 0 Å². The van der Waals surface area contributed by atoms with Crippen molar-refractivity contribution in [2.24, 2.45) is 0 Å². The quantitative estimate of drug-likeness (QED) is 0.612. The standard InChI is InChI=1S/C16H24ClN3O2/c1-11(17)16(21)20(13-8-9-13)10-14-18-15(19-22-14)12-6-4-2-3-5-7-12/h11-13H,2-10H2,1H3. The second kappa shape index (κ2) is 6.99. The molecule has 0 radical (unpaired) electrons. The summed E-state index contributed by atoms with van der Waals surface area (Å²) in [6.07, 6.45) is 9.46. The van der Waals surface area contributed by atoms with E-state index in [0.29, 0.717) is 24.4 Å². The van der Waals surface area contributed by atoms with Crippen LogP contribution in [0, 0.1) is 0 Å². The van der Waals surface area contributed by atoms with Crippen molar-refractivity contribution in [2.75, 3.05) is 0 Å². The first-order valence-corrected chi connectivity index (χ1v) is 8.86. The van der Waals surface area contributed by atoms with Crippen molar-refractivity contribution < 1.29 is 9.32 Å². The van der Waals surface area contributed by atoms with Crippen molar-refractivity contribution in [3.05, 3.63) is 11.7 Å². The minimum atomic E-state index is -0.509. The molecule has 5 nitrogen and oxygen atoms in total. The molecular weight excluding hydrogens is 302 g/mol. The van der Waals surface area contributed by atoms with E-state index in [1.165, 1.54) is 25.7 Å². The van der Waals surface area contributed by atoms with Gasteiger partial charge in [0.1, 0.15) is 11.9 Å². The lowest BCUT2D eigenvalue weighted by Gasteiger charge is -2.21. The van der Waals surface area contributed by atoms with Gasteiger partial charge in [-0.25, -0.2) is 0 Å². The average Bonchev–Trinajstić information content (AvgIpc) is 3.29. The third-order valence-electron chi connectivity index (χ3n) is 4.62. The summed E-state index contributed by atoms with van der Waals surface area (Å²) in [6.45, 7) is 2.10.